The van der Waals surface area contributed by atoms with E-state index in [2.05, 4.69) is 13.8 Å². The molecule has 0 aromatic heterocycles. The average molecular weight is 239 g/mol. The molecule has 0 bridgehead atoms. The first-order chi connectivity index (χ1) is 8.15. The van der Waals surface area contributed by atoms with Crippen molar-refractivity contribution in [2.24, 2.45) is 23.5 Å². The van der Waals surface area contributed by atoms with Crippen LogP contribution in [0.3, 0.4) is 0 Å². The molecule has 2 rings (SSSR count). The molecule has 0 atom stereocenters. The summed E-state index contributed by atoms with van der Waals surface area (Å²) < 4.78 is 6.23. The van der Waals surface area contributed by atoms with Gasteiger partial charge in [-0.2, -0.15) is 0 Å². The maximum Gasteiger partial charge on any atom is 0.0804 e. The Bertz CT molecular complexity index is 227. The zero-order valence-electron chi connectivity index (χ0n) is 11.6. The summed E-state index contributed by atoms with van der Waals surface area (Å²) in [5.41, 5.74) is 6.01. The molecule has 0 aromatic rings. The van der Waals surface area contributed by atoms with Crippen LogP contribution in [0.4, 0.5) is 0 Å². The van der Waals surface area contributed by atoms with E-state index in [9.17, 15) is 0 Å². The molecule has 0 amide bonds. The smallest absolute Gasteiger partial charge is 0.0804 e. The van der Waals surface area contributed by atoms with E-state index in [1.165, 1.54) is 44.9 Å². The van der Waals surface area contributed by atoms with Crippen LogP contribution in [0.1, 0.15) is 58.8 Å². The molecule has 0 aromatic carbocycles. The summed E-state index contributed by atoms with van der Waals surface area (Å²) in [4.78, 5) is 0. The summed E-state index contributed by atoms with van der Waals surface area (Å²) in [5.74, 6) is 2.54. The van der Waals surface area contributed by atoms with E-state index in [4.69, 9.17) is 10.5 Å². The minimum absolute atomic E-state index is 0.0288. The number of ether oxygens (including phenoxy) is 1. The molecule has 0 heterocycles. The molecular weight excluding hydrogens is 210 g/mol. The molecule has 2 nitrogen and oxygen atoms in total. The van der Waals surface area contributed by atoms with Crippen LogP contribution < -0.4 is 5.73 Å². The fourth-order valence-corrected chi connectivity index (χ4v) is 3.19. The van der Waals surface area contributed by atoms with Gasteiger partial charge in [-0.05, 0) is 56.3 Å². The number of rotatable bonds is 5. The summed E-state index contributed by atoms with van der Waals surface area (Å²) in [6, 6.07) is 0. The minimum Gasteiger partial charge on any atom is -0.373 e. The molecule has 0 aliphatic heterocycles. The van der Waals surface area contributed by atoms with Crippen molar-refractivity contribution in [3.8, 4) is 0 Å². The molecule has 2 fully saturated rings. The van der Waals surface area contributed by atoms with Gasteiger partial charge in [-0.15, -0.1) is 0 Å². The summed E-state index contributed by atoms with van der Waals surface area (Å²) >= 11 is 0. The number of hydrogen-bond acceptors (Lipinski definition) is 2. The highest BCUT2D eigenvalue weighted by molar-refractivity contribution is 4.89. The third-order valence-corrected chi connectivity index (χ3v) is 5.11. The zero-order valence-corrected chi connectivity index (χ0v) is 11.6. The molecule has 0 radical (unpaired) electrons. The second-order valence-electron chi connectivity index (χ2n) is 6.58. The summed E-state index contributed by atoms with van der Waals surface area (Å²) in [7, 11) is 0. The molecule has 0 saturated heterocycles. The molecule has 0 unspecified atom stereocenters. The van der Waals surface area contributed by atoms with Crippen molar-refractivity contribution in [1.82, 2.24) is 0 Å². The van der Waals surface area contributed by atoms with Gasteiger partial charge in [0.05, 0.1) is 12.2 Å². The molecule has 0 spiro atoms. The average Bonchev–Trinajstić information content (AvgIpc) is 2.27. The standard InChI is InChI=1S/C15H29NO/c1-12(2)14-6-8-15(11-16,9-7-14)17-10-13-4-3-5-13/h12-14H,3-11,16H2,1-2H3. The van der Waals surface area contributed by atoms with Crippen molar-refractivity contribution >= 4 is 0 Å². The van der Waals surface area contributed by atoms with Crippen LogP contribution in [-0.4, -0.2) is 18.8 Å². The Kier molecular flexibility index (Phi) is 4.48. The Hall–Kier alpha value is -0.0800. The predicted molar refractivity (Wildman–Crippen MR) is 71.9 cm³/mol. The quantitative estimate of drug-likeness (QED) is 0.798. The van der Waals surface area contributed by atoms with E-state index in [1.807, 2.05) is 0 Å². The lowest BCUT2D eigenvalue weighted by Gasteiger charge is -2.42. The van der Waals surface area contributed by atoms with E-state index < -0.39 is 0 Å². The largest absolute Gasteiger partial charge is 0.373 e. The van der Waals surface area contributed by atoms with Gasteiger partial charge in [-0.25, -0.2) is 0 Å². The van der Waals surface area contributed by atoms with E-state index in [-0.39, 0.29) is 5.60 Å². The Labute approximate surface area is 106 Å². The molecule has 2 aliphatic rings. The van der Waals surface area contributed by atoms with Crippen molar-refractivity contribution in [1.29, 1.82) is 0 Å². The lowest BCUT2D eigenvalue weighted by atomic mass is 9.74. The third kappa shape index (κ3) is 3.23. The van der Waals surface area contributed by atoms with E-state index in [0.29, 0.717) is 6.54 Å². The molecule has 17 heavy (non-hydrogen) atoms. The highest BCUT2D eigenvalue weighted by atomic mass is 16.5. The summed E-state index contributed by atoms with van der Waals surface area (Å²) in [6.45, 7) is 6.36. The van der Waals surface area contributed by atoms with Crippen LogP contribution in [0, 0.1) is 17.8 Å². The van der Waals surface area contributed by atoms with Gasteiger partial charge >= 0.3 is 0 Å². The molecule has 2 saturated carbocycles. The van der Waals surface area contributed by atoms with E-state index in [0.717, 1.165) is 24.4 Å². The van der Waals surface area contributed by atoms with Gasteiger partial charge in [0.25, 0.3) is 0 Å². The Balaban J connectivity index is 1.79. The Morgan fingerprint density at radius 3 is 2.24 bits per heavy atom. The second kappa shape index (κ2) is 5.71. The summed E-state index contributed by atoms with van der Waals surface area (Å²) in [6.07, 6.45) is 9.11. The van der Waals surface area contributed by atoms with Crippen molar-refractivity contribution in [3.63, 3.8) is 0 Å². The van der Waals surface area contributed by atoms with Crippen LogP contribution >= 0.6 is 0 Å². The van der Waals surface area contributed by atoms with Gasteiger partial charge in [0.2, 0.25) is 0 Å². The normalized spacial score (nSPS) is 34.9. The fourth-order valence-electron chi connectivity index (χ4n) is 3.19. The van der Waals surface area contributed by atoms with Gasteiger partial charge in [0, 0.05) is 6.54 Å². The Morgan fingerprint density at radius 1 is 1.18 bits per heavy atom. The third-order valence-electron chi connectivity index (χ3n) is 5.11. The monoisotopic (exact) mass is 239 g/mol. The molecule has 2 N–H and O–H groups in total. The zero-order chi connectivity index (χ0) is 12.3. The first-order valence-electron chi connectivity index (χ1n) is 7.49. The van der Waals surface area contributed by atoms with Gasteiger partial charge in [-0.3, -0.25) is 0 Å². The van der Waals surface area contributed by atoms with Gasteiger partial charge < -0.3 is 10.5 Å². The topological polar surface area (TPSA) is 35.2 Å². The minimum atomic E-state index is 0.0288. The fraction of sp³-hybridized carbons (Fsp3) is 1.00. The van der Waals surface area contributed by atoms with Crippen LogP contribution in [0.15, 0.2) is 0 Å². The number of hydrogen-bond donors (Lipinski definition) is 1. The van der Waals surface area contributed by atoms with Crippen LogP contribution in [0.2, 0.25) is 0 Å². The van der Waals surface area contributed by atoms with Crippen molar-refractivity contribution in [3.05, 3.63) is 0 Å². The van der Waals surface area contributed by atoms with Gasteiger partial charge in [0.1, 0.15) is 0 Å². The van der Waals surface area contributed by atoms with Crippen LogP contribution in [0.25, 0.3) is 0 Å². The predicted octanol–water partition coefficient (Wildman–Crippen LogP) is 3.35. The van der Waals surface area contributed by atoms with Crippen molar-refractivity contribution in [2.45, 2.75) is 64.4 Å². The van der Waals surface area contributed by atoms with Gasteiger partial charge in [0.15, 0.2) is 0 Å². The van der Waals surface area contributed by atoms with E-state index in [1.54, 1.807) is 0 Å². The van der Waals surface area contributed by atoms with Crippen molar-refractivity contribution < 1.29 is 4.74 Å². The number of nitrogens with two attached hydrogens (primary N) is 1. The summed E-state index contributed by atoms with van der Waals surface area (Å²) in [5, 5.41) is 0. The van der Waals surface area contributed by atoms with Crippen LogP contribution in [0.5, 0.6) is 0 Å². The molecule has 2 heteroatoms. The second-order valence-corrected chi connectivity index (χ2v) is 6.58. The first-order valence-corrected chi connectivity index (χ1v) is 7.49. The lowest BCUT2D eigenvalue weighted by molar-refractivity contribution is -0.0945. The first kappa shape index (κ1) is 13.4. The molecule has 2 aliphatic carbocycles. The highest BCUT2D eigenvalue weighted by Gasteiger charge is 2.36. The molecule has 100 valence electrons. The molecular formula is C15H29NO. The van der Waals surface area contributed by atoms with Crippen molar-refractivity contribution in [2.75, 3.05) is 13.2 Å². The maximum atomic E-state index is 6.23. The maximum absolute atomic E-state index is 6.23. The SMILES string of the molecule is CC(C)C1CCC(CN)(OCC2CCC2)CC1. The van der Waals surface area contributed by atoms with E-state index >= 15 is 0 Å². The Morgan fingerprint density at radius 2 is 1.82 bits per heavy atom. The van der Waals surface area contributed by atoms with Gasteiger partial charge in [-0.1, -0.05) is 20.3 Å². The lowest BCUT2D eigenvalue weighted by Crippen LogP contribution is -2.45. The van der Waals surface area contributed by atoms with Crippen LogP contribution in [-0.2, 0) is 4.74 Å². The highest BCUT2D eigenvalue weighted by Crippen LogP contribution is 2.38.